The van der Waals surface area contributed by atoms with Crippen LogP contribution in [0, 0.1) is 5.92 Å². The number of rotatable bonds is 3. The third-order valence-electron chi connectivity index (χ3n) is 3.76. The number of nitrogens with zero attached hydrogens (tertiary/aromatic N) is 2. The van der Waals surface area contributed by atoms with Crippen molar-refractivity contribution in [2.75, 3.05) is 19.6 Å². The van der Waals surface area contributed by atoms with Crippen molar-refractivity contribution in [1.82, 2.24) is 15.1 Å². The monoisotopic (exact) mass is 281 g/mol. The Kier molecular flexibility index (Phi) is 4.36. The molecule has 0 spiro atoms. The molecule has 2 aliphatic rings. The van der Waals surface area contributed by atoms with Gasteiger partial charge in [0.2, 0.25) is 17.7 Å². The summed E-state index contributed by atoms with van der Waals surface area (Å²) in [6, 6.07) is -0.732. The molecule has 5 amide bonds. The number of carbonyl (C=O) groups is 4. The molecule has 7 heteroatoms. The zero-order chi connectivity index (χ0) is 14.7. The summed E-state index contributed by atoms with van der Waals surface area (Å²) in [5, 5.41) is 2.12. The standard InChI is InChI=1S/C13H19N3O4/c1-9-11(18)14-13(20)16(12(9)19)8-5-10(17)15-6-3-2-4-7-15/h9H,2-8H2,1H3,(H,14,18,20). The van der Waals surface area contributed by atoms with E-state index in [2.05, 4.69) is 5.32 Å². The summed E-state index contributed by atoms with van der Waals surface area (Å²) >= 11 is 0. The minimum absolute atomic E-state index is 0.0254. The second-order valence-electron chi connectivity index (χ2n) is 5.20. The number of hydrogen-bond acceptors (Lipinski definition) is 4. The number of piperidine rings is 1. The van der Waals surface area contributed by atoms with Crippen LogP contribution in [-0.4, -0.2) is 53.2 Å². The number of carbonyl (C=O) groups excluding carboxylic acids is 4. The van der Waals surface area contributed by atoms with E-state index in [0.29, 0.717) is 0 Å². The number of imide groups is 2. The molecule has 2 saturated heterocycles. The van der Waals surface area contributed by atoms with E-state index in [1.165, 1.54) is 6.92 Å². The van der Waals surface area contributed by atoms with Crippen molar-refractivity contribution in [1.29, 1.82) is 0 Å². The van der Waals surface area contributed by atoms with Gasteiger partial charge in [-0.1, -0.05) is 0 Å². The van der Waals surface area contributed by atoms with E-state index in [0.717, 1.165) is 37.3 Å². The van der Waals surface area contributed by atoms with Gasteiger partial charge < -0.3 is 4.90 Å². The van der Waals surface area contributed by atoms with Crippen molar-refractivity contribution in [3.8, 4) is 0 Å². The van der Waals surface area contributed by atoms with E-state index in [4.69, 9.17) is 0 Å². The first kappa shape index (κ1) is 14.5. The van der Waals surface area contributed by atoms with Gasteiger partial charge in [-0.2, -0.15) is 0 Å². The number of urea groups is 1. The highest BCUT2D eigenvalue weighted by atomic mass is 16.2. The molecule has 20 heavy (non-hydrogen) atoms. The quantitative estimate of drug-likeness (QED) is 0.743. The van der Waals surface area contributed by atoms with Gasteiger partial charge in [-0.25, -0.2) is 4.79 Å². The summed E-state index contributed by atoms with van der Waals surface area (Å²) in [5.41, 5.74) is 0. The van der Waals surface area contributed by atoms with Crippen molar-refractivity contribution >= 4 is 23.8 Å². The summed E-state index contributed by atoms with van der Waals surface area (Å²) in [7, 11) is 0. The predicted octanol–water partition coefficient (Wildman–Crippen LogP) is 0.103. The lowest BCUT2D eigenvalue weighted by Crippen LogP contribution is -2.57. The maximum atomic E-state index is 12.0. The highest BCUT2D eigenvalue weighted by molar-refractivity contribution is 6.15. The van der Waals surface area contributed by atoms with E-state index in [1.54, 1.807) is 4.90 Å². The SMILES string of the molecule is CC1C(=O)NC(=O)N(CCC(=O)N2CCCCC2)C1=O. The Morgan fingerprint density at radius 2 is 1.85 bits per heavy atom. The minimum atomic E-state index is -0.877. The fourth-order valence-electron chi connectivity index (χ4n) is 2.45. The topological polar surface area (TPSA) is 86.8 Å². The van der Waals surface area contributed by atoms with Crippen LogP contribution in [0.25, 0.3) is 0 Å². The zero-order valence-corrected chi connectivity index (χ0v) is 11.6. The average molecular weight is 281 g/mol. The zero-order valence-electron chi connectivity index (χ0n) is 11.6. The maximum absolute atomic E-state index is 12.0. The molecular formula is C13H19N3O4. The van der Waals surface area contributed by atoms with E-state index in [9.17, 15) is 19.2 Å². The van der Waals surface area contributed by atoms with E-state index < -0.39 is 23.8 Å². The smallest absolute Gasteiger partial charge is 0.330 e. The number of amides is 5. The fourth-order valence-corrected chi connectivity index (χ4v) is 2.45. The van der Waals surface area contributed by atoms with Gasteiger partial charge >= 0.3 is 6.03 Å². The largest absolute Gasteiger partial charge is 0.343 e. The van der Waals surface area contributed by atoms with E-state index in [1.807, 2.05) is 0 Å². The minimum Gasteiger partial charge on any atom is -0.343 e. The van der Waals surface area contributed by atoms with Gasteiger partial charge in [-0.15, -0.1) is 0 Å². The van der Waals surface area contributed by atoms with Crippen LogP contribution in [0.1, 0.15) is 32.6 Å². The highest BCUT2D eigenvalue weighted by Gasteiger charge is 2.37. The van der Waals surface area contributed by atoms with Gasteiger partial charge in [-0.3, -0.25) is 24.6 Å². The Labute approximate surface area is 117 Å². The lowest BCUT2D eigenvalue weighted by atomic mass is 10.1. The average Bonchev–Trinajstić information content (AvgIpc) is 2.45. The van der Waals surface area contributed by atoms with Crippen LogP contribution in [0.15, 0.2) is 0 Å². The van der Waals surface area contributed by atoms with Crippen LogP contribution in [0.5, 0.6) is 0 Å². The molecule has 0 saturated carbocycles. The van der Waals surface area contributed by atoms with E-state index in [-0.39, 0.29) is 18.9 Å². The molecule has 0 aromatic heterocycles. The highest BCUT2D eigenvalue weighted by Crippen LogP contribution is 2.13. The van der Waals surface area contributed by atoms with Crippen molar-refractivity contribution in [3.05, 3.63) is 0 Å². The molecule has 2 fully saturated rings. The Morgan fingerprint density at radius 3 is 2.50 bits per heavy atom. The molecule has 0 aromatic carbocycles. The summed E-state index contributed by atoms with van der Waals surface area (Å²) in [4.78, 5) is 49.5. The Hall–Kier alpha value is -1.92. The first-order valence-electron chi connectivity index (χ1n) is 6.94. The second-order valence-corrected chi connectivity index (χ2v) is 5.20. The molecule has 2 rings (SSSR count). The van der Waals surface area contributed by atoms with Gasteiger partial charge in [0.1, 0.15) is 5.92 Å². The molecule has 2 aliphatic heterocycles. The molecule has 1 N–H and O–H groups in total. The molecule has 0 bridgehead atoms. The van der Waals surface area contributed by atoms with Crippen molar-refractivity contribution in [3.63, 3.8) is 0 Å². The summed E-state index contributed by atoms with van der Waals surface area (Å²) in [6.45, 7) is 2.96. The fraction of sp³-hybridized carbons (Fsp3) is 0.692. The molecule has 110 valence electrons. The van der Waals surface area contributed by atoms with Gasteiger partial charge in [0.05, 0.1) is 0 Å². The Balaban J connectivity index is 1.89. The Bertz CT molecular complexity index is 443. The van der Waals surface area contributed by atoms with Gasteiger partial charge in [0.25, 0.3) is 0 Å². The molecule has 1 atom stereocenters. The molecule has 7 nitrogen and oxygen atoms in total. The third kappa shape index (κ3) is 2.97. The van der Waals surface area contributed by atoms with Crippen LogP contribution < -0.4 is 5.32 Å². The van der Waals surface area contributed by atoms with Crippen LogP contribution in [-0.2, 0) is 14.4 Å². The second kappa shape index (κ2) is 6.02. The van der Waals surface area contributed by atoms with Crippen molar-refractivity contribution in [2.24, 2.45) is 5.92 Å². The summed E-state index contributed by atoms with van der Waals surface area (Å²) < 4.78 is 0. The van der Waals surface area contributed by atoms with Gasteiger partial charge in [0.15, 0.2) is 0 Å². The maximum Gasteiger partial charge on any atom is 0.330 e. The molecule has 1 unspecified atom stereocenters. The summed E-state index contributed by atoms with van der Waals surface area (Å²) in [5.74, 6) is -2.04. The van der Waals surface area contributed by atoms with Crippen LogP contribution in [0.4, 0.5) is 4.79 Å². The Morgan fingerprint density at radius 1 is 1.20 bits per heavy atom. The number of barbiturate groups is 1. The van der Waals surface area contributed by atoms with Gasteiger partial charge in [-0.05, 0) is 26.2 Å². The molecule has 0 radical (unpaired) electrons. The third-order valence-corrected chi connectivity index (χ3v) is 3.76. The van der Waals surface area contributed by atoms with Crippen LogP contribution >= 0.6 is 0 Å². The van der Waals surface area contributed by atoms with Crippen LogP contribution in [0.3, 0.4) is 0 Å². The lowest BCUT2D eigenvalue weighted by Gasteiger charge is -2.30. The van der Waals surface area contributed by atoms with Crippen molar-refractivity contribution in [2.45, 2.75) is 32.6 Å². The van der Waals surface area contributed by atoms with E-state index >= 15 is 0 Å². The number of likely N-dealkylation sites (tertiary alicyclic amines) is 1. The van der Waals surface area contributed by atoms with Crippen molar-refractivity contribution < 1.29 is 19.2 Å². The number of hydrogen-bond donors (Lipinski definition) is 1. The van der Waals surface area contributed by atoms with Gasteiger partial charge in [0, 0.05) is 26.1 Å². The molecule has 2 heterocycles. The first-order chi connectivity index (χ1) is 9.50. The number of nitrogens with one attached hydrogen (secondary N) is 1. The first-order valence-corrected chi connectivity index (χ1v) is 6.94. The summed E-state index contributed by atoms with van der Waals surface area (Å²) in [6.07, 6.45) is 3.25. The van der Waals surface area contributed by atoms with Crippen LogP contribution in [0.2, 0.25) is 0 Å². The molecular weight excluding hydrogens is 262 g/mol. The molecule has 0 aromatic rings. The lowest BCUT2D eigenvalue weighted by molar-refractivity contribution is -0.142. The normalized spacial score (nSPS) is 23.9. The molecule has 0 aliphatic carbocycles. The predicted molar refractivity (Wildman–Crippen MR) is 69.5 cm³/mol.